The van der Waals surface area contributed by atoms with Gasteiger partial charge in [0.1, 0.15) is 34.8 Å². The van der Waals surface area contributed by atoms with E-state index in [0.29, 0.717) is 11.2 Å². The Balaban J connectivity index is 1.35. The van der Waals surface area contributed by atoms with Crippen LogP contribution in [0.2, 0.25) is 0 Å². The summed E-state index contributed by atoms with van der Waals surface area (Å²) in [6, 6.07) is 14.4. The van der Waals surface area contributed by atoms with Crippen LogP contribution in [0.5, 0.6) is 0 Å². The monoisotopic (exact) mass is 496 g/mol. The number of nitrogen functional groups attached to an aromatic ring is 1. The Morgan fingerprint density at radius 3 is 2.66 bits per heavy atom. The summed E-state index contributed by atoms with van der Waals surface area (Å²) in [6.45, 7) is 3.83. The number of piperidine rings is 2. The third-order valence-electron chi connectivity index (χ3n) is 7.22. The number of anilines is 3. The van der Waals surface area contributed by atoms with Crippen molar-refractivity contribution >= 4 is 39.4 Å². The highest BCUT2D eigenvalue weighted by Crippen LogP contribution is 2.36. The fourth-order valence-corrected chi connectivity index (χ4v) is 6.39. The molecule has 2 aromatic carbocycles. The van der Waals surface area contributed by atoms with E-state index in [9.17, 15) is 14.3 Å². The number of carbonyl (C=O) groups is 1. The van der Waals surface area contributed by atoms with E-state index >= 15 is 0 Å². The molecule has 2 unspecified atom stereocenters. The van der Waals surface area contributed by atoms with Gasteiger partial charge in [0, 0.05) is 49.3 Å². The third kappa shape index (κ3) is 4.95. The zero-order valence-electron chi connectivity index (χ0n) is 19.5. The predicted octanol–water partition coefficient (Wildman–Crippen LogP) is 4.05. The molecule has 2 atom stereocenters. The number of nitrogens with one attached hydrogen (secondary N) is 2. The number of nitrogens with two attached hydrogens (primary N) is 1. The predicted molar refractivity (Wildman–Crippen MR) is 139 cm³/mol. The van der Waals surface area contributed by atoms with Crippen molar-refractivity contribution < 1.29 is 14.3 Å². The van der Waals surface area contributed by atoms with Gasteiger partial charge in [-0.05, 0) is 37.1 Å². The number of carbonyl (C=O) groups excluding carboxylic acids is 1. The molecular weight excluding hydrogens is 465 g/mol. The minimum Gasteiger partial charge on any atom is -0.387 e. The second-order valence-electron chi connectivity index (χ2n) is 9.46. The van der Waals surface area contributed by atoms with Crippen LogP contribution in [-0.2, 0) is 0 Å². The molecule has 0 spiro atoms. The summed E-state index contributed by atoms with van der Waals surface area (Å²) in [6.07, 6.45) is 3.82. The second-order valence-corrected chi connectivity index (χ2v) is 10.5. The number of nitrogens with zero attached hydrogens (tertiary/aromatic N) is 2. The lowest BCUT2D eigenvalue weighted by Crippen LogP contribution is -2.64. The molecule has 0 saturated carbocycles. The number of thiazole rings is 1. The molecule has 1 aromatic heterocycles. The van der Waals surface area contributed by atoms with Crippen molar-refractivity contribution in [3.63, 3.8) is 0 Å². The second kappa shape index (κ2) is 10.0. The molecule has 0 amide bonds. The third-order valence-corrected chi connectivity index (χ3v) is 8.20. The molecule has 2 fully saturated rings. The zero-order valence-corrected chi connectivity index (χ0v) is 20.4. The molecule has 5 N–H and O–H groups in total. The van der Waals surface area contributed by atoms with Crippen LogP contribution in [0.4, 0.5) is 26.7 Å². The van der Waals surface area contributed by atoms with Crippen molar-refractivity contribution in [1.82, 2.24) is 14.8 Å². The average Bonchev–Trinajstić information content (AvgIpc) is 3.24. The minimum atomic E-state index is -0.469. The molecule has 0 aliphatic carbocycles. The fourth-order valence-electron chi connectivity index (χ4n) is 5.52. The Bertz CT molecular complexity index is 1190. The Morgan fingerprint density at radius 1 is 1.17 bits per heavy atom. The number of likely N-dealkylation sites (tertiary alicyclic amines) is 1. The highest BCUT2D eigenvalue weighted by Gasteiger charge is 2.43. The first-order valence-corrected chi connectivity index (χ1v) is 13.0. The van der Waals surface area contributed by atoms with E-state index in [1.54, 1.807) is 6.07 Å². The van der Waals surface area contributed by atoms with E-state index in [1.165, 1.54) is 23.9 Å². The largest absolute Gasteiger partial charge is 0.387 e. The van der Waals surface area contributed by atoms with Crippen LogP contribution < -0.4 is 20.9 Å². The van der Waals surface area contributed by atoms with E-state index < -0.39 is 5.82 Å². The highest BCUT2D eigenvalue weighted by molar-refractivity contribution is 7.18. The number of quaternary nitrogens is 1. The smallest absolute Gasteiger partial charge is 0.206 e. The molecule has 7 nitrogen and oxygen atoms in total. The zero-order chi connectivity index (χ0) is 24.4. The topological polar surface area (TPSA) is 100 Å². The summed E-state index contributed by atoms with van der Waals surface area (Å²) in [5.74, 6) is -0.690. The van der Waals surface area contributed by atoms with Crippen LogP contribution in [0, 0.1) is 5.82 Å². The number of aliphatic hydroxyl groups is 1. The van der Waals surface area contributed by atoms with Gasteiger partial charge in [-0.2, -0.15) is 0 Å². The summed E-state index contributed by atoms with van der Waals surface area (Å²) in [7, 11) is 0. The molecule has 0 bridgehead atoms. The van der Waals surface area contributed by atoms with Crippen molar-refractivity contribution in [2.24, 2.45) is 0 Å². The van der Waals surface area contributed by atoms with Crippen LogP contribution in [0.15, 0.2) is 48.5 Å². The lowest BCUT2D eigenvalue weighted by atomic mass is 9.94. The van der Waals surface area contributed by atoms with E-state index in [0.717, 1.165) is 73.4 Å². The molecule has 3 heterocycles. The van der Waals surface area contributed by atoms with E-state index in [2.05, 4.69) is 27.8 Å². The molecule has 184 valence electrons. The van der Waals surface area contributed by atoms with Gasteiger partial charge in [0.15, 0.2) is 5.13 Å². The summed E-state index contributed by atoms with van der Waals surface area (Å²) < 4.78 is 14.4. The number of ketones is 1. The van der Waals surface area contributed by atoms with Gasteiger partial charge in [0.05, 0.1) is 12.6 Å². The first kappa shape index (κ1) is 23.9. The van der Waals surface area contributed by atoms with Gasteiger partial charge >= 0.3 is 0 Å². The first-order valence-electron chi connectivity index (χ1n) is 12.1. The molecular formula is C26H31FN5O2S+. The Morgan fingerprint density at radius 2 is 1.94 bits per heavy atom. The number of aliphatic hydroxyl groups excluding tert-OH is 1. The molecule has 2 saturated heterocycles. The van der Waals surface area contributed by atoms with Crippen molar-refractivity contribution in [3.05, 3.63) is 64.8 Å². The van der Waals surface area contributed by atoms with Gasteiger partial charge in [0.2, 0.25) is 5.78 Å². The van der Waals surface area contributed by atoms with Crippen molar-refractivity contribution in [2.75, 3.05) is 37.2 Å². The molecule has 5 rings (SSSR count). The molecule has 9 heteroatoms. The average molecular weight is 497 g/mol. The van der Waals surface area contributed by atoms with E-state index in [1.807, 2.05) is 12.1 Å². The lowest BCUT2D eigenvalue weighted by Gasteiger charge is -2.49. The first-order chi connectivity index (χ1) is 16.9. The molecule has 0 radical (unpaired) electrons. The summed E-state index contributed by atoms with van der Waals surface area (Å²) in [5, 5.41) is 17.8. The number of halogens is 1. The number of rotatable bonds is 6. The maximum Gasteiger partial charge on any atom is 0.206 e. The van der Waals surface area contributed by atoms with Crippen LogP contribution >= 0.6 is 11.3 Å². The van der Waals surface area contributed by atoms with Crippen LogP contribution in [0.25, 0.3) is 0 Å². The lowest BCUT2D eigenvalue weighted by molar-refractivity contribution is 0.0418. The Hall–Kier alpha value is -2.85. The fraction of sp³-hybridized carbons (Fsp3) is 0.385. The van der Waals surface area contributed by atoms with Gasteiger partial charge in [-0.15, -0.1) is 0 Å². The van der Waals surface area contributed by atoms with E-state index in [-0.39, 0.29) is 28.1 Å². The highest BCUT2D eigenvalue weighted by atomic mass is 32.1. The quantitative estimate of drug-likeness (QED) is 0.304. The standard InChI is InChI=1S/C26H30FN5O2S/c27-18-4-1-3-17(15-18)23(34)24-25(28)31-26(35-24)30-19-6-8-20(9-7-19)32(14-2-5-22(33)16-32)21-10-12-29-13-11-21/h1,3-4,6-9,15,21-22,29,33H,2,5,10-14,16H2,(H2-,28,30,31,34)/p+1. The SMILES string of the molecule is Nc1nc(Nc2ccc([N+]3(C4CCNCC4)CCCC(O)C3)cc2)sc1C(=O)c1cccc(F)c1. The molecule has 2 aliphatic rings. The number of benzene rings is 2. The van der Waals surface area contributed by atoms with Gasteiger partial charge in [-0.3, -0.25) is 9.28 Å². The van der Waals surface area contributed by atoms with Crippen LogP contribution in [0.1, 0.15) is 40.9 Å². The van der Waals surface area contributed by atoms with Crippen molar-refractivity contribution in [1.29, 1.82) is 0 Å². The molecule has 35 heavy (non-hydrogen) atoms. The summed E-state index contributed by atoms with van der Waals surface area (Å²) in [4.78, 5) is 17.4. The van der Waals surface area contributed by atoms with Gasteiger partial charge < -0.3 is 21.5 Å². The van der Waals surface area contributed by atoms with E-state index in [4.69, 9.17) is 5.73 Å². The number of hydrogen-bond donors (Lipinski definition) is 4. The molecule has 3 aromatic rings. The minimum absolute atomic E-state index is 0.126. The van der Waals surface area contributed by atoms with Crippen molar-refractivity contribution in [3.8, 4) is 0 Å². The Labute approximate surface area is 208 Å². The maximum atomic E-state index is 13.5. The maximum absolute atomic E-state index is 13.5. The normalized spacial score (nSPS) is 23.2. The molecule has 2 aliphatic heterocycles. The van der Waals surface area contributed by atoms with Gasteiger partial charge in [0.25, 0.3) is 0 Å². The summed E-state index contributed by atoms with van der Waals surface area (Å²) >= 11 is 1.15. The van der Waals surface area contributed by atoms with Crippen LogP contribution in [-0.4, -0.2) is 54.2 Å². The Kier molecular flexibility index (Phi) is 6.84. The number of hydrogen-bond acceptors (Lipinski definition) is 7. The number of aromatic nitrogens is 1. The van der Waals surface area contributed by atoms with Gasteiger partial charge in [-0.1, -0.05) is 23.5 Å². The van der Waals surface area contributed by atoms with Gasteiger partial charge in [-0.25, -0.2) is 9.37 Å². The van der Waals surface area contributed by atoms with Crippen molar-refractivity contribution in [2.45, 2.75) is 37.8 Å². The van der Waals surface area contributed by atoms with Crippen LogP contribution in [0.3, 0.4) is 0 Å². The summed E-state index contributed by atoms with van der Waals surface area (Å²) in [5.41, 5.74) is 8.33.